The van der Waals surface area contributed by atoms with Crippen LogP contribution < -0.4 is 11.5 Å². The van der Waals surface area contributed by atoms with Crippen LogP contribution in [0, 0.1) is 0 Å². The molecule has 20 heavy (non-hydrogen) atoms. The summed E-state index contributed by atoms with van der Waals surface area (Å²) in [6.07, 6.45) is 3.27. The first-order valence-corrected chi connectivity index (χ1v) is 7.52. The van der Waals surface area contributed by atoms with E-state index in [-0.39, 0.29) is 12.2 Å². The van der Waals surface area contributed by atoms with E-state index in [0.29, 0.717) is 39.1 Å². The van der Waals surface area contributed by atoms with Crippen LogP contribution in [0.3, 0.4) is 0 Å². The highest BCUT2D eigenvalue weighted by atomic mass is 16.7. The van der Waals surface area contributed by atoms with Crippen molar-refractivity contribution in [1.82, 2.24) is 0 Å². The van der Waals surface area contributed by atoms with Gasteiger partial charge in [-0.15, -0.1) is 0 Å². The zero-order valence-corrected chi connectivity index (χ0v) is 12.6. The maximum atomic E-state index is 5.93. The van der Waals surface area contributed by atoms with Crippen LogP contribution >= 0.6 is 0 Å². The summed E-state index contributed by atoms with van der Waals surface area (Å²) in [5.74, 6) is -1.21. The first-order valence-electron chi connectivity index (χ1n) is 7.52. The van der Waals surface area contributed by atoms with Crippen molar-refractivity contribution in [2.24, 2.45) is 11.5 Å². The molecule has 2 fully saturated rings. The summed E-state index contributed by atoms with van der Waals surface area (Å²) in [6, 6.07) is 0. The van der Waals surface area contributed by atoms with E-state index in [1.165, 1.54) is 0 Å². The van der Waals surface area contributed by atoms with Gasteiger partial charge < -0.3 is 30.4 Å². The van der Waals surface area contributed by atoms with Gasteiger partial charge in [-0.3, -0.25) is 0 Å². The van der Waals surface area contributed by atoms with Gasteiger partial charge in [0, 0.05) is 25.9 Å². The first kappa shape index (κ1) is 16.1. The van der Waals surface area contributed by atoms with E-state index >= 15 is 0 Å². The van der Waals surface area contributed by atoms with Crippen LogP contribution in [0.2, 0.25) is 0 Å². The quantitative estimate of drug-likeness (QED) is 0.775. The van der Waals surface area contributed by atoms with Crippen LogP contribution in [0.25, 0.3) is 0 Å². The van der Waals surface area contributed by atoms with Gasteiger partial charge in [0.05, 0.1) is 25.4 Å². The largest absolute Gasteiger partial charge is 0.350 e. The Morgan fingerprint density at radius 1 is 0.850 bits per heavy atom. The first-order chi connectivity index (χ1) is 9.49. The lowest BCUT2D eigenvalue weighted by molar-refractivity contribution is -0.314. The van der Waals surface area contributed by atoms with Crippen molar-refractivity contribution in [3.63, 3.8) is 0 Å². The number of hydrogen-bond acceptors (Lipinski definition) is 6. The molecule has 4 unspecified atom stereocenters. The highest BCUT2D eigenvalue weighted by Gasteiger charge is 2.39. The second kappa shape index (κ2) is 6.68. The van der Waals surface area contributed by atoms with Gasteiger partial charge in [0.25, 0.3) is 0 Å². The lowest BCUT2D eigenvalue weighted by Crippen LogP contribution is -2.49. The fourth-order valence-electron chi connectivity index (χ4n) is 2.75. The number of ether oxygens (including phenoxy) is 4. The van der Waals surface area contributed by atoms with E-state index in [4.69, 9.17) is 30.4 Å². The van der Waals surface area contributed by atoms with Crippen molar-refractivity contribution in [2.45, 2.75) is 63.3 Å². The standard InChI is InChI=1S/C14H28N2O4/c1-13(17-7-3-11(9-15)19-13)5-6-14(2)18-8-4-12(10-16)20-14/h11-12H,3-10,15-16H2,1-2H3. The summed E-state index contributed by atoms with van der Waals surface area (Å²) in [5.41, 5.74) is 11.4. The van der Waals surface area contributed by atoms with Gasteiger partial charge in [0.1, 0.15) is 0 Å². The minimum atomic E-state index is -0.603. The van der Waals surface area contributed by atoms with Crippen LogP contribution in [-0.2, 0) is 18.9 Å². The second-order valence-corrected chi connectivity index (χ2v) is 5.99. The van der Waals surface area contributed by atoms with Crippen molar-refractivity contribution >= 4 is 0 Å². The second-order valence-electron chi connectivity index (χ2n) is 5.99. The topological polar surface area (TPSA) is 89.0 Å². The third-order valence-corrected chi connectivity index (χ3v) is 4.09. The molecule has 2 heterocycles. The van der Waals surface area contributed by atoms with Gasteiger partial charge in [-0.05, 0) is 26.7 Å². The van der Waals surface area contributed by atoms with Crippen LogP contribution in [0.1, 0.15) is 39.5 Å². The molecule has 0 spiro atoms. The lowest BCUT2D eigenvalue weighted by Gasteiger charge is -2.42. The minimum absolute atomic E-state index is 0.0755. The van der Waals surface area contributed by atoms with E-state index in [1.54, 1.807) is 0 Å². The SMILES string of the molecule is CC1(CCC2(C)OCCC(CN)O2)OCCC(CN)O1. The third-order valence-electron chi connectivity index (χ3n) is 4.09. The monoisotopic (exact) mass is 288 g/mol. The smallest absolute Gasteiger partial charge is 0.166 e. The van der Waals surface area contributed by atoms with Crippen molar-refractivity contribution in [3.05, 3.63) is 0 Å². The Hall–Kier alpha value is -0.240. The molecule has 2 aliphatic rings. The predicted molar refractivity (Wildman–Crippen MR) is 75.0 cm³/mol. The molecule has 6 nitrogen and oxygen atoms in total. The molecule has 2 aliphatic heterocycles. The third kappa shape index (κ3) is 4.13. The maximum Gasteiger partial charge on any atom is 0.166 e. The highest BCUT2D eigenvalue weighted by molar-refractivity contribution is 4.79. The number of hydrogen-bond donors (Lipinski definition) is 2. The molecule has 0 radical (unpaired) electrons. The Balaban J connectivity index is 1.86. The summed E-state index contributed by atoms with van der Waals surface area (Å²) in [7, 11) is 0. The van der Waals surface area contributed by atoms with E-state index in [9.17, 15) is 0 Å². The van der Waals surface area contributed by atoms with Gasteiger partial charge in [-0.2, -0.15) is 0 Å². The normalized spacial score (nSPS) is 42.6. The van der Waals surface area contributed by atoms with Gasteiger partial charge in [0.2, 0.25) is 0 Å². The number of nitrogens with two attached hydrogens (primary N) is 2. The molecular formula is C14H28N2O4. The van der Waals surface area contributed by atoms with Crippen LogP contribution in [0.4, 0.5) is 0 Å². The van der Waals surface area contributed by atoms with Crippen molar-refractivity contribution in [1.29, 1.82) is 0 Å². The van der Waals surface area contributed by atoms with Crippen molar-refractivity contribution in [3.8, 4) is 0 Å². The molecule has 2 saturated heterocycles. The lowest BCUT2D eigenvalue weighted by atomic mass is 10.0. The summed E-state index contributed by atoms with van der Waals surface area (Å²) in [5, 5.41) is 0. The molecule has 0 saturated carbocycles. The van der Waals surface area contributed by atoms with E-state index in [0.717, 1.165) is 12.8 Å². The Morgan fingerprint density at radius 2 is 1.25 bits per heavy atom. The summed E-state index contributed by atoms with van der Waals surface area (Å²) in [6.45, 7) is 6.34. The molecule has 4 N–H and O–H groups in total. The molecule has 0 aliphatic carbocycles. The zero-order valence-electron chi connectivity index (χ0n) is 12.6. The Morgan fingerprint density at radius 3 is 1.60 bits per heavy atom. The van der Waals surface area contributed by atoms with Gasteiger partial charge >= 0.3 is 0 Å². The molecule has 0 aromatic carbocycles. The number of rotatable bonds is 5. The molecular weight excluding hydrogens is 260 g/mol. The van der Waals surface area contributed by atoms with Crippen LogP contribution in [-0.4, -0.2) is 50.1 Å². The Labute approximate surface area is 121 Å². The predicted octanol–water partition coefficient (Wildman–Crippen LogP) is 0.727. The van der Waals surface area contributed by atoms with Gasteiger partial charge in [0.15, 0.2) is 11.6 Å². The molecule has 6 heteroatoms. The maximum absolute atomic E-state index is 5.93. The molecule has 0 aromatic rings. The van der Waals surface area contributed by atoms with Crippen LogP contribution in [0.15, 0.2) is 0 Å². The Kier molecular flexibility index (Phi) is 5.39. The molecule has 2 rings (SSSR count). The molecule has 0 amide bonds. The zero-order chi connectivity index (χ0) is 14.6. The summed E-state index contributed by atoms with van der Waals surface area (Å²) in [4.78, 5) is 0. The molecule has 4 atom stereocenters. The van der Waals surface area contributed by atoms with Crippen molar-refractivity contribution < 1.29 is 18.9 Å². The summed E-state index contributed by atoms with van der Waals surface area (Å²) >= 11 is 0. The average Bonchev–Trinajstić information content (AvgIpc) is 2.45. The van der Waals surface area contributed by atoms with Gasteiger partial charge in [-0.25, -0.2) is 0 Å². The molecule has 0 aromatic heterocycles. The van der Waals surface area contributed by atoms with Gasteiger partial charge in [-0.1, -0.05) is 0 Å². The van der Waals surface area contributed by atoms with Crippen molar-refractivity contribution in [2.75, 3.05) is 26.3 Å². The fourth-order valence-corrected chi connectivity index (χ4v) is 2.75. The fraction of sp³-hybridized carbons (Fsp3) is 1.00. The van der Waals surface area contributed by atoms with Crippen LogP contribution in [0.5, 0.6) is 0 Å². The molecule has 118 valence electrons. The van der Waals surface area contributed by atoms with E-state index in [2.05, 4.69) is 0 Å². The minimum Gasteiger partial charge on any atom is -0.350 e. The summed E-state index contributed by atoms with van der Waals surface area (Å²) < 4.78 is 23.4. The Bertz CT molecular complexity index is 288. The highest BCUT2D eigenvalue weighted by Crippen LogP contribution is 2.33. The van der Waals surface area contributed by atoms with E-state index < -0.39 is 11.6 Å². The average molecular weight is 288 g/mol. The molecule has 0 bridgehead atoms. The van der Waals surface area contributed by atoms with E-state index in [1.807, 2.05) is 13.8 Å².